The van der Waals surface area contributed by atoms with Crippen LogP contribution in [0.2, 0.25) is 0 Å². The summed E-state index contributed by atoms with van der Waals surface area (Å²) in [6, 6.07) is 11.3. The summed E-state index contributed by atoms with van der Waals surface area (Å²) < 4.78 is 59.0. The van der Waals surface area contributed by atoms with E-state index in [-0.39, 0.29) is 12.0 Å². The summed E-state index contributed by atoms with van der Waals surface area (Å²) in [6.45, 7) is 4.23. The smallest absolute Gasteiger partial charge is 0.416 e. The van der Waals surface area contributed by atoms with E-state index in [2.05, 4.69) is 5.32 Å². The Morgan fingerprint density at radius 3 is 2.69 bits per heavy atom. The number of ether oxygens (including phenoxy) is 1. The summed E-state index contributed by atoms with van der Waals surface area (Å²) in [4.78, 5) is 0.812. The predicted octanol–water partition coefficient (Wildman–Crippen LogP) is 4.96. The topological polar surface area (TPSA) is 44.3 Å². The lowest BCUT2D eigenvalue weighted by Crippen LogP contribution is -2.54. The lowest BCUT2D eigenvalue weighted by molar-refractivity contribution is -0.137. The molecule has 1 N–H and O–H groups in total. The number of halogens is 3. The molecule has 0 aromatic heterocycles. The second-order valence-electron chi connectivity index (χ2n) is 8.36. The predicted molar refractivity (Wildman–Crippen MR) is 107 cm³/mol. The van der Waals surface area contributed by atoms with Crippen molar-refractivity contribution >= 4 is 21.8 Å². The number of alkyl halides is 3. The van der Waals surface area contributed by atoms with E-state index in [1.165, 1.54) is 12.1 Å². The summed E-state index contributed by atoms with van der Waals surface area (Å²) in [5.41, 5.74) is 1.88. The first-order valence-corrected chi connectivity index (χ1v) is 10.8. The molecule has 0 amide bonds. The van der Waals surface area contributed by atoms with Crippen LogP contribution in [-0.4, -0.2) is 23.0 Å². The van der Waals surface area contributed by atoms with Crippen molar-refractivity contribution in [1.29, 1.82) is 0 Å². The minimum Gasteiger partial charge on any atom is -0.611 e. The Hall–Kier alpha value is -2.12. The van der Waals surface area contributed by atoms with E-state index >= 15 is 0 Å². The van der Waals surface area contributed by atoms with Crippen LogP contribution < -0.4 is 10.1 Å². The average Bonchev–Trinajstić information content (AvgIpc) is 2.68. The van der Waals surface area contributed by atoms with Gasteiger partial charge in [-0.1, -0.05) is 26.0 Å². The fourth-order valence-electron chi connectivity index (χ4n) is 4.82. The Labute approximate surface area is 170 Å². The van der Waals surface area contributed by atoms with Gasteiger partial charge in [0.05, 0.1) is 17.2 Å². The van der Waals surface area contributed by atoms with Gasteiger partial charge in [-0.2, -0.15) is 13.2 Å². The molecule has 0 fully saturated rings. The fourth-order valence-corrected chi connectivity index (χ4v) is 6.81. The summed E-state index contributed by atoms with van der Waals surface area (Å²) in [6.07, 6.45) is -4.39. The first-order chi connectivity index (χ1) is 13.7. The van der Waals surface area contributed by atoms with Gasteiger partial charge in [0.1, 0.15) is 18.1 Å². The number of rotatable bonds is 0. The molecule has 3 aliphatic heterocycles. The van der Waals surface area contributed by atoms with Crippen molar-refractivity contribution in [3.63, 3.8) is 0 Å². The quantitative estimate of drug-likeness (QED) is 0.614. The summed E-state index contributed by atoms with van der Waals surface area (Å²) in [5, 5.41) is 3.44. The molecule has 0 spiro atoms. The Balaban J connectivity index is 1.64. The van der Waals surface area contributed by atoms with Gasteiger partial charge in [-0.25, -0.2) is 0 Å². The lowest BCUT2D eigenvalue weighted by atomic mass is 9.66. The van der Waals surface area contributed by atoms with Crippen LogP contribution in [0.3, 0.4) is 0 Å². The van der Waals surface area contributed by atoms with Crippen LogP contribution in [0.1, 0.15) is 30.5 Å². The molecular weight excluding hydrogens is 399 g/mol. The van der Waals surface area contributed by atoms with Crippen LogP contribution in [0, 0.1) is 5.92 Å². The van der Waals surface area contributed by atoms with E-state index in [9.17, 15) is 17.7 Å². The van der Waals surface area contributed by atoms with Crippen molar-refractivity contribution in [1.82, 2.24) is 0 Å². The van der Waals surface area contributed by atoms with Gasteiger partial charge < -0.3 is 14.6 Å². The van der Waals surface area contributed by atoms with E-state index in [0.29, 0.717) is 23.6 Å². The molecule has 3 unspecified atom stereocenters. The zero-order valence-corrected chi connectivity index (χ0v) is 16.8. The van der Waals surface area contributed by atoms with Crippen LogP contribution in [0.15, 0.2) is 48.0 Å². The summed E-state index contributed by atoms with van der Waals surface area (Å²) >= 11 is -1.24. The van der Waals surface area contributed by atoms with Gasteiger partial charge >= 0.3 is 6.18 Å². The van der Waals surface area contributed by atoms with Gasteiger partial charge in [0, 0.05) is 22.6 Å². The molecule has 0 aliphatic carbocycles. The molecule has 0 saturated heterocycles. The van der Waals surface area contributed by atoms with E-state index in [1.807, 2.05) is 38.1 Å². The molecule has 7 heteroatoms. The van der Waals surface area contributed by atoms with Crippen LogP contribution in [0.5, 0.6) is 5.75 Å². The Bertz CT molecular complexity index is 1030. The molecule has 29 heavy (non-hydrogen) atoms. The van der Waals surface area contributed by atoms with Gasteiger partial charge in [0.15, 0.2) is 4.91 Å². The number of hydrogen-bond donors (Lipinski definition) is 1. The maximum atomic E-state index is 13.3. The number of benzene rings is 2. The van der Waals surface area contributed by atoms with Gasteiger partial charge in [-0.3, -0.25) is 0 Å². The SMILES string of the molecule is CC1(C)c2cc(C(F)(F)F)ccc2NC2C3=C(c4ccccc4OC3)[S+]([O-])CC21. The average molecular weight is 419 g/mol. The number of nitrogens with one attached hydrogen (secondary N) is 1. The maximum Gasteiger partial charge on any atom is 0.416 e. The number of hydrogen-bond acceptors (Lipinski definition) is 3. The zero-order valence-electron chi connectivity index (χ0n) is 16.0. The Kier molecular flexibility index (Phi) is 4.03. The molecule has 0 bridgehead atoms. The van der Waals surface area contributed by atoms with Crippen molar-refractivity contribution in [2.24, 2.45) is 5.92 Å². The normalized spacial score (nSPS) is 27.0. The number of fused-ring (bicyclic) bond motifs is 5. The monoisotopic (exact) mass is 419 g/mol. The standard InChI is InChI=1S/C22H20F3NO2S/c1-21(2)15-9-12(22(23,24)25)7-8-17(15)26-19-14-10-28-18-6-4-3-5-13(18)20(14)29(27)11-16(19)21/h3-9,16,19,26H,10-11H2,1-2H3. The molecule has 0 radical (unpaired) electrons. The summed E-state index contributed by atoms with van der Waals surface area (Å²) in [7, 11) is 0. The molecule has 3 atom stereocenters. The highest BCUT2D eigenvalue weighted by atomic mass is 32.2. The van der Waals surface area contributed by atoms with Crippen LogP contribution in [0.25, 0.3) is 4.91 Å². The first-order valence-electron chi connectivity index (χ1n) is 9.50. The molecular formula is C22H20F3NO2S. The van der Waals surface area contributed by atoms with Crippen molar-refractivity contribution in [3.05, 3.63) is 64.7 Å². The van der Waals surface area contributed by atoms with E-state index < -0.39 is 28.3 Å². The fraction of sp³-hybridized carbons (Fsp3) is 0.364. The zero-order chi connectivity index (χ0) is 20.6. The molecule has 0 saturated carbocycles. The van der Waals surface area contributed by atoms with Gasteiger partial charge in [-0.05, 0) is 47.1 Å². The highest BCUT2D eigenvalue weighted by Gasteiger charge is 2.52. The maximum absolute atomic E-state index is 13.3. The molecule has 3 heterocycles. The van der Waals surface area contributed by atoms with Crippen molar-refractivity contribution in [3.8, 4) is 5.75 Å². The molecule has 3 nitrogen and oxygen atoms in total. The number of para-hydroxylation sites is 1. The second kappa shape index (κ2) is 6.19. The highest BCUT2D eigenvalue weighted by molar-refractivity contribution is 8.00. The third kappa shape index (κ3) is 2.78. The summed E-state index contributed by atoms with van der Waals surface area (Å²) in [5.74, 6) is 1.02. The third-order valence-corrected chi connectivity index (χ3v) is 8.02. The molecule has 5 rings (SSSR count). The molecule has 2 aromatic carbocycles. The minimum absolute atomic E-state index is 0.105. The van der Waals surface area contributed by atoms with Gasteiger partial charge in [0.2, 0.25) is 0 Å². The van der Waals surface area contributed by atoms with Crippen molar-refractivity contribution < 1.29 is 22.5 Å². The van der Waals surface area contributed by atoms with Crippen molar-refractivity contribution in [2.45, 2.75) is 31.5 Å². The first kappa shape index (κ1) is 18.9. The number of anilines is 1. The van der Waals surface area contributed by atoms with Gasteiger partial charge in [-0.15, -0.1) is 0 Å². The van der Waals surface area contributed by atoms with Gasteiger partial charge in [0.25, 0.3) is 0 Å². The van der Waals surface area contributed by atoms with E-state index in [4.69, 9.17) is 4.74 Å². The van der Waals surface area contributed by atoms with E-state index in [0.717, 1.165) is 27.9 Å². The van der Waals surface area contributed by atoms with Crippen LogP contribution in [0.4, 0.5) is 18.9 Å². The Morgan fingerprint density at radius 1 is 1.17 bits per heavy atom. The molecule has 2 aromatic rings. The van der Waals surface area contributed by atoms with E-state index in [1.54, 1.807) is 0 Å². The Morgan fingerprint density at radius 2 is 1.93 bits per heavy atom. The van der Waals surface area contributed by atoms with Crippen molar-refractivity contribution in [2.75, 3.05) is 17.7 Å². The minimum atomic E-state index is -4.39. The third-order valence-electron chi connectivity index (χ3n) is 6.42. The second-order valence-corrected chi connectivity index (χ2v) is 9.79. The highest BCUT2D eigenvalue weighted by Crippen LogP contribution is 2.52. The lowest BCUT2D eigenvalue weighted by Gasteiger charge is -2.49. The van der Waals surface area contributed by atoms with Crippen LogP contribution >= 0.6 is 0 Å². The van der Waals surface area contributed by atoms with Crippen LogP contribution in [-0.2, 0) is 22.8 Å². The molecule has 152 valence electrons. The molecule has 3 aliphatic rings. The largest absolute Gasteiger partial charge is 0.611 e.